The van der Waals surface area contributed by atoms with E-state index in [0.29, 0.717) is 24.8 Å². The number of carbonyl (C=O) groups excluding carboxylic acids is 1. The SMILES string of the molecule is COc1ccc(C)cc1-c1csc(NC(=O)CC2COCCN2)n1.Cl. The van der Waals surface area contributed by atoms with Crippen LogP contribution in [0.1, 0.15) is 12.0 Å². The third-order valence-electron chi connectivity index (χ3n) is 3.81. The van der Waals surface area contributed by atoms with Gasteiger partial charge in [-0.05, 0) is 19.1 Å². The Morgan fingerprint density at radius 1 is 1.52 bits per heavy atom. The molecule has 1 aliphatic heterocycles. The van der Waals surface area contributed by atoms with Crippen LogP contribution in [0.25, 0.3) is 11.3 Å². The number of morpholine rings is 1. The molecule has 1 amide bonds. The molecule has 6 nitrogen and oxygen atoms in total. The highest BCUT2D eigenvalue weighted by Gasteiger charge is 2.18. The number of ether oxygens (including phenoxy) is 2. The van der Waals surface area contributed by atoms with Crippen LogP contribution in [0.15, 0.2) is 23.6 Å². The summed E-state index contributed by atoms with van der Waals surface area (Å²) in [6.07, 6.45) is 0.378. The first-order valence-electron chi connectivity index (χ1n) is 7.87. The van der Waals surface area contributed by atoms with Crippen molar-refractivity contribution in [2.24, 2.45) is 0 Å². The summed E-state index contributed by atoms with van der Waals surface area (Å²) < 4.78 is 10.8. The molecule has 0 saturated carbocycles. The number of carbonyl (C=O) groups is 1. The standard InChI is InChI=1S/C17H21N3O3S.ClH/c1-11-3-4-15(22-2)13(7-11)14-10-24-17(19-14)20-16(21)8-12-9-23-6-5-18-12;/h3-4,7,10,12,18H,5-6,8-9H2,1-2H3,(H,19,20,21);1H. The van der Waals surface area contributed by atoms with Gasteiger partial charge in [0.25, 0.3) is 0 Å². The number of halogens is 1. The molecule has 1 unspecified atom stereocenters. The monoisotopic (exact) mass is 383 g/mol. The Labute approximate surface area is 157 Å². The van der Waals surface area contributed by atoms with Gasteiger partial charge in [-0.2, -0.15) is 0 Å². The number of nitrogens with one attached hydrogen (secondary N) is 2. The average molecular weight is 384 g/mol. The highest BCUT2D eigenvalue weighted by Crippen LogP contribution is 2.33. The van der Waals surface area contributed by atoms with E-state index >= 15 is 0 Å². The molecule has 1 atom stereocenters. The van der Waals surface area contributed by atoms with Crippen LogP contribution in [0.5, 0.6) is 5.75 Å². The number of thiazole rings is 1. The summed E-state index contributed by atoms with van der Waals surface area (Å²) in [5.74, 6) is 0.711. The summed E-state index contributed by atoms with van der Waals surface area (Å²) in [6, 6.07) is 6.02. The van der Waals surface area contributed by atoms with Crippen molar-refractivity contribution >= 4 is 34.8 Å². The zero-order valence-corrected chi connectivity index (χ0v) is 15.8. The van der Waals surface area contributed by atoms with Crippen molar-refractivity contribution < 1.29 is 14.3 Å². The van der Waals surface area contributed by atoms with E-state index in [1.807, 2.05) is 30.5 Å². The zero-order chi connectivity index (χ0) is 16.9. The van der Waals surface area contributed by atoms with E-state index in [-0.39, 0.29) is 24.4 Å². The number of benzene rings is 1. The quantitative estimate of drug-likeness (QED) is 0.830. The van der Waals surface area contributed by atoms with Gasteiger partial charge in [-0.3, -0.25) is 4.79 Å². The fraction of sp³-hybridized carbons (Fsp3) is 0.412. The first-order chi connectivity index (χ1) is 11.7. The number of anilines is 1. The lowest BCUT2D eigenvalue weighted by Crippen LogP contribution is -2.43. The Morgan fingerprint density at radius 3 is 3.08 bits per heavy atom. The Bertz CT molecular complexity index is 717. The maximum Gasteiger partial charge on any atom is 0.227 e. The molecule has 1 saturated heterocycles. The number of aryl methyl sites for hydroxylation is 1. The predicted octanol–water partition coefficient (Wildman–Crippen LogP) is 2.87. The molecular weight excluding hydrogens is 362 g/mol. The molecule has 2 heterocycles. The highest BCUT2D eigenvalue weighted by atomic mass is 35.5. The number of aromatic nitrogens is 1. The molecule has 2 N–H and O–H groups in total. The molecule has 0 radical (unpaired) electrons. The molecule has 136 valence electrons. The van der Waals surface area contributed by atoms with Gasteiger partial charge in [0, 0.05) is 30.0 Å². The molecule has 3 rings (SSSR count). The van der Waals surface area contributed by atoms with Gasteiger partial charge in [-0.1, -0.05) is 11.6 Å². The summed E-state index contributed by atoms with van der Waals surface area (Å²) in [5, 5.41) is 8.65. The van der Waals surface area contributed by atoms with Crippen molar-refractivity contribution in [2.75, 3.05) is 32.2 Å². The summed E-state index contributed by atoms with van der Waals surface area (Å²) >= 11 is 1.41. The molecule has 0 spiro atoms. The first kappa shape index (κ1) is 19.7. The van der Waals surface area contributed by atoms with Gasteiger partial charge < -0.3 is 20.1 Å². The van der Waals surface area contributed by atoms with Crippen molar-refractivity contribution in [1.29, 1.82) is 0 Å². The Kier molecular flexibility index (Phi) is 7.19. The molecule has 25 heavy (non-hydrogen) atoms. The Balaban J connectivity index is 0.00000225. The Hall–Kier alpha value is -1.67. The van der Waals surface area contributed by atoms with Crippen molar-refractivity contribution in [3.05, 3.63) is 29.1 Å². The van der Waals surface area contributed by atoms with Crippen molar-refractivity contribution in [3.63, 3.8) is 0 Å². The number of nitrogens with zero attached hydrogens (tertiary/aromatic N) is 1. The first-order valence-corrected chi connectivity index (χ1v) is 8.75. The highest BCUT2D eigenvalue weighted by molar-refractivity contribution is 7.14. The van der Waals surface area contributed by atoms with Crippen molar-refractivity contribution in [3.8, 4) is 17.0 Å². The third kappa shape index (κ3) is 5.15. The van der Waals surface area contributed by atoms with E-state index in [1.165, 1.54) is 11.3 Å². The zero-order valence-electron chi connectivity index (χ0n) is 14.2. The summed E-state index contributed by atoms with van der Waals surface area (Å²) in [7, 11) is 1.64. The lowest BCUT2D eigenvalue weighted by molar-refractivity contribution is -0.117. The van der Waals surface area contributed by atoms with Gasteiger partial charge in [0.1, 0.15) is 5.75 Å². The summed E-state index contributed by atoms with van der Waals surface area (Å²) in [5.41, 5.74) is 2.86. The van der Waals surface area contributed by atoms with E-state index in [1.54, 1.807) is 7.11 Å². The van der Waals surface area contributed by atoms with Crippen LogP contribution in [0.2, 0.25) is 0 Å². The minimum atomic E-state index is -0.0601. The van der Waals surface area contributed by atoms with Crippen molar-refractivity contribution in [2.45, 2.75) is 19.4 Å². The molecule has 8 heteroatoms. The van der Waals surface area contributed by atoms with E-state index < -0.39 is 0 Å². The Morgan fingerprint density at radius 2 is 2.36 bits per heavy atom. The number of amides is 1. The average Bonchev–Trinajstić information content (AvgIpc) is 3.04. The molecule has 0 aliphatic carbocycles. The van der Waals surface area contributed by atoms with E-state index in [4.69, 9.17) is 9.47 Å². The maximum absolute atomic E-state index is 12.1. The predicted molar refractivity (Wildman–Crippen MR) is 102 cm³/mol. The van der Waals surface area contributed by atoms with Crippen LogP contribution in [-0.2, 0) is 9.53 Å². The smallest absolute Gasteiger partial charge is 0.227 e. The second-order valence-corrected chi connectivity index (χ2v) is 6.58. The molecule has 2 aromatic rings. The largest absolute Gasteiger partial charge is 0.496 e. The van der Waals surface area contributed by atoms with E-state index in [0.717, 1.165) is 29.1 Å². The normalized spacial score (nSPS) is 16.8. The van der Waals surface area contributed by atoms with Gasteiger partial charge in [0.05, 0.1) is 26.0 Å². The van der Waals surface area contributed by atoms with Crippen molar-refractivity contribution in [1.82, 2.24) is 10.3 Å². The number of hydrogen-bond donors (Lipinski definition) is 2. The summed E-state index contributed by atoms with van der Waals surface area (Å²) in [4.78, 5) is 16.7. The minimum Gasteiger partial charge on any atom is -0.496 e. The molecule has 1 fully saturated rings. The number of methoxy groups -OCH3 is 1. The molecule has 1 aromatic carbocycles. The summed E-state index contributed by atoms with van der Waals surface area (Å²) in [6.45, 7) is 4.08. The molecule has 1 aromatic heterocycles. The number of hydrogen-bond acceptors (Lipinski definition) is 6. The van der Waals surface area contributed by atoms with Crippen LogP contribution in [0.4, 0.5) is 5.13 Å². The minimum absolute atomic E-state index is 0. The lowest BCUT2D eigenvalue weighted by atomic mass is 10.1. The second kappa shape index (κ2) is 9.15. The van der Waals surface area contributed by atoms with Gasteiger partial charge >= 0.3 is 0 Å². The molecule has 0 bridgehead atoms. The fourth-order valence-corrected chi connectivity index (χ4v) is 3.35. The van der Waals surface area contributed by atoms with E-state index in [2.05, 4.69) is 15.6 Å². The topological polar surface area (TPSA) is 72.5 Å². The molecular formula is C17H22ClN3O3S. The van der Waals surface area contributed by atoms with Crippen LogP contribution in [0.3, 0.4) is 0 Å². The molecule has 1 aliphatic rings. The second-order valence-electron chi connectivity index (χ2n) is 5.72. The fourth-order valence-electron chi connectivity index (χ4n) is 2.62. The van der Waals surface area contributed by atoms with Gasteiger partial charge in [0.15, 0.2) is 5.13 Å². The maximum atomic E-state index is 12.1. The third-order valence-corrected chi connectivity index (χ3v) is 4.57. The van der Waals surface area contributed by atoms with Gasteiger partial charge in [-0.25, -0.2) is 4.98 Å². The van der Waals surface area contributed by atoms with Gasteiger partial charge in [-0.15, -0.1) is 23.7 Å². The lowest BCUT2D eigenvalue weighted by Gasteiger charge is -2.22. The van der Waals surface area contributed by atoms with Crippen LogP contribution in [0, 0.1) is 6.92 Å². The van der Waals surface area contributed by atoms with E-state index in [9.17, 15) is 4.79 Å². The van der Waals surface area contributed by atoms with Crippen LogP contribution >= 0.6 is 23.7 Å². The van der Waals surface area contributed by atoms with Crippen LogP contribution in [-0.4, -0.2) is 43.8 Å². The van der Waals surface area contributed by atoms with Gasteiger partial charge in [0.2, 0.25) is 5.91 Å². The number of rotatable bonds is 5. The van der Waals surface area contributed by atoms with Crippen LogP contribution < -0.4 is 15.4 Å².